The van der Waals surface area contributed by atoms with Crippen molar-refractivity contribution in [3.63, 3.8) is 0 Å². The van der Waals surface area contributed by atoms with Gasteiger partial charge in [-0.2, -0.15) is 0 Å². The van der Waals surface area contributed by atoms with Crippen LogP contribution in [0.1, 0.15) is 35.6 Å². The maximum Gasteiger partial charge on any atom is 0.228 e. The molecule has 2 aliphatic heterocycles. The van der Waals surface area contributed by atoms with E-state index in [1.165, 1.54) is 10.4 Å². The molecule has 5 nitrogen and oxygen atoms in total. The largest absolute Gasteiger partial charge is 0.467 e. The molecule has 1 fully saturated rings. The Labute approximate surface area is 144 Å². The Bertz CT molecular complexity index is 752. The minimum absolute atomic E-state index is 0.0330. The molecule has 4 heterocycles. The molecule has 0 aromatic carbocycles. The second-order valence-corrected chi connectivity index (χ2v) is 7.51. The highest BCUT2D eigenvalue weighted by molar-refractivity contribution is 7.10. The van der Waals surface area contributed by atoms with E-state index in [0.29, 0.717) is 19.5 Å². The van der Waals surface area contributed by atoms with Crippen molar-refractivity contribution < 1.29 is 14.0 Å². The van der Waals surface area contributed by atoms with E-state index in [4.69, 9.17) is 4.42 Å². The van der Waals surface area contributed by atoms with Gasteiger partial charge in [0.1, 0.15) is 5.76 Å². The summed E-state index contributed by atoms with van der Waals surface area (Å²) in [5.41, 5.74) is 1.26. The molecule has 24 heavy (non-hydrogen) atoms. The molecule has 0 unspecified atom stereocenters. The molecule has 0 N–H and O–H groups in total. The average molecular weight is 344 g/mol. The van der Waals surface area contributed by atoms with Gasteiger partial charge in [0.15, 0.2) is 0 Å². The standard InChI is InChI=1S/C18H20N2O3S/c1-12-15-5-8-24-16(15)4-6-20(12)18(22)13-9-17(21)19(10-13)11-14-3-2-7-23-14/h2-3,5,7-8,12-13H,4,6,9-11H2,1H3/t12-,13-/m1/s1. The first-order valence-corrected chi connectivity index (χ1v) is 9.18. The molecule has 0 aliphatic carbocycles. The van der Waals surface area contributed by atoms with Crippen molar-refractivity contribution in [2.45, 2.75) is 32.4 Å². The molecule has 0 radical (unpaired) electrons. The van der Waals surface area contributed by atoms with Gasteiger partial charge in [0.05, 0.1) is 24.8 Å². The van der Waals surface area contributed by atoms with Crippen LogP contribution in [-0.2, 0) is 22.6 Å². The Kier molecular flexibility index (Phi) is 3.92. The molecule has 0 saturated carbocycles. The molecular formula is C18H20N2O3S. The topological polar surface area (TPSA) is 53.8 Å². The maximum absolute atomic E-state index is 13.0. The SMILES string of the molecule is C[C@@H]1c2ccsc2CCN1C(=O)[C@@H]1CC(=O)N(Cc2ccco2)C1. The number of hydrogen-bond donors (Lipinski definition) is 0. The summed E-state index contributed by atoms with van der Waals surface area (Å²) < 4.78 is 5.31. The van der Waals surface area contributed by atoms with Crippen molar-refractivity contribution in [1.82, 2.24) is 9.80 Å². The Balaban J connectivity index is 1.45. The third-order valence-corrected chi connectivity index (χ3v) is 6.05. The molecule has 2 aromatic heterocycles. The summed E-state index contributed by atoms with van der Waals surface area (Å²) in [7, 11) is 0. The summed E-state index contributed by atoms with van der Waals surface area (Å²) in [6, 6.07) is 5.88. The summed E-state index contributed by atoms with van der Waals surface area (Å²) >= 11 is 1.77. The van der Waals surface area contributed by atoms with E-state index in [-0.39, 0.29) is 23.8 Å². The molecule has 6 heteroatoms. The quantitative estimate of drug-likeness (QED) is 0.860. The minimum atomic E-state index is -0.241. The van der Waals surface area contributed by atoms with E-state index < -0.39 is 0 Å². The van der Waals surface area contributed by atoms with E-state index >= 15 is 0 Å². The number of rotatable bonds is 3. The second kappa shape index (κ2) is 6.09. The lowest BCUT2D eigenvalue weighted by molar-refractivity contribution is -0.138. The first-order chi connectivity index (χ1) is 11.6. The smallest absolute Gasteiger partial charge is 0.228 e. The Morgan fingerprint density at radius 3 is 3.08 bits per heavy atom. The number of carbonyl (C=O) groups excluding carboxylic acids is 2. The molecule has 0 bridgehead atoms. The Hall–Kier alpha value is -2.08. The van der Waals surface area contributed by atoms with Crippen LogP contribution >= 0.6 is 11.3 Å². The van der Waals surface area contributed by atoms with Gasteiger partial charge in [-0.3, -0.25) is 9.59 Å². The van der Waals surface area contributed by atoms with Gasteiger partial charge in [-0.15, -0.1) is 11.3 Å². The molecule has 2 aliphatic rings. The lowest BCUT2D eigenvalue weighted by atomic mass is 9.98. The molecule has 4 rings (SSSR count). The summed E-state index contributed by atoms with van der Waals surface area (Å²) in [6.45, 7) is 3.76. The second-order valence-electron chi connectivity index (χ2n) is 6.51. The average Bonchev–Trinajstić information content (AvgIpc) is 3.30. The normalized spacial score (nSPS) is 23.6. The molecule has 126 valence electrons. The van der Waals surface area contributed by atoms with Crippen LogP contribution in [0.25, 0.3) is 0 Å². The molecule has 0 spiro atoms. The third kappa shape index (κ3) is 2.65. The van der Waals surface area contributed by atoms with E-state index in [1.54, 1.807) is 22.5 Å². The van der Waals surface area contributed by atoms with Gasteiger partial charge in [0.25, 0.3) is 0 Å². The zero-order valence-electron chi connectivity index (χ0n) is 13.6. The van der Waals surface area contributed by atoms with Gasteiger partial charge in [-0.05, 0) is 42.5 Å². The third-order valence-electron chi connectivity index (χ3n) is 5.05. The molecular weight excluding hydrogens is 324 g/mol. The van der Waals surface area contributed by atoms with Crippen LogP contribution in [-0.4, -0.2) is 34.7 Å². The lowest BCUT2D eigenvalue weighted by Gasteiger charge is -2.35. The van der Waals surface area contributed by atoms with Crippen LogP contribution in [0, 0.1) is 5.92 Å². The Morgan fingerprint density at radius 1 is 1.42 bits per heavy atom. The number of carbonyl (C=O) groups is 2. The molecule has 2 atom stereocenters. The molecule has 1 saturated heterocycles. The van der Waals surface area contributed by atoms with E-state index in [1.807, 2.05) is 17.0 Å². The fourth-order valence-corrected chi connectivity index (χ4v) is 4.69. The number of likely N-dealkylation sites (tertiary alicyclic amines) is 1. The van der Waals surface area contributed by atoms with Crippen molar-refractivity contribution >= 4 is 23.2 Å². The highest BCUT2D eigenvalue weighted by Crippen LogP contribution is 2.35. The fraction of sp³-hybridized carbons (Fsp3) is 0.444. The summed E-state index contributed by atoms with van der Waals surface area (Å²) in [5, 5.41) is 2.10. The summed E-state index contributed by atoms with van der Waals surface area (Å²) in [5.74, 6) is 0.654. The number of amides is 2. The lowest BCUT2D eigenvalue weighted by Crippen LogP contribution is -2.42. The maximum atomic E-state index is 13.0. The van der Waals surface area contributed by atoms with Crippen LogP contribution in [0.15, 0.2) is 34.3 Å². The highest BCUT2D eigenvalue weighted by Gasteiger charge is 2.39. The predicted molar refractivity (Wildman–Crippen MR) is 90.4 cm³/mol. The number of nitrogens with zero attached hydrogens (tertiary/aromatic N) is 2. The number of thiophene rings is 1. The zero-order chi connectivity index (χ0) is 16.7. The zero-order valence-corrected chi connectivity index (χ0v) is 14.4. The van der Waals surface area contributed by atoms with Gasteiger partial charge in [0, 0.05) is 24.4 Å². The van der Waals surface area contributed by atoms with Crippen LogP contribution < -0.4 is 0 Å². The first-order valence-electron chi connectivity index (χ1n) is 8.30. The summed E-state index contributed by atoms with van der Waals surface area (Å²) in [4.78, 5) is 30.3. The van der Waals surface area contributed by atoms with Crippen LogP contribution in [0.5, 0.6) is 0 Å². The van der Waals surface area contributed by atoms with Crippen molar-refractivity contribution in [2.24, 2.45) is 5.92 Å². The summed E-state index contributed by atoms with van der Waals surface area (Å²) in [6.07, 6.45) is 2.82. The van der Waals surface area contributed by atoms with Gasteiger partial charge in [-0.1, -0.05) is 0 Å². The van der Waals surface area contributed by atoms with E-state index in [9.17, 15) is 9.59 Å². The van der Waals surface area contributed by atoms with Crippen molar-refractivity contribution in [2.75, 3.05) is 13.1 Å². The van der Waals surface area contributed by atoms with Crippen LogP contribution in [0.4, 0.5) is 0 Å². The van der Waals surface area contributed by atoms with Crippen molar-refractivity contribution in [3.05, 3.63) is 46.0 Å². The van der Waals surface area contributed by atoms with Crippen molar-refractivity contribution in [1.29, 1.82) is 0 Å². The Morgan fingerprint density at radius 2 is 2.29 bits per heavy atom. The molecule has 2 amide bonds. The van der Waals surface area contributed by atoms with Gasteiger partial charge in [-0.25, -0.2) is 0 Å². The fourth-order valence-electron chi connectivity index (χ4n) is 3.73. The molecule has 2 aromatic rings. The van der Waals surface area contributed by atoms with Crippen LogP contribution in [0.3, 0.4) is 0 Å². The van der Waals surface area contributed by atoms with Gasteiger partial charge in [0.2, 0.25) is 11.8 Å². The number of furan rings is 1. The van der Waals surface area contributed by atoms with Gasteiger partial charge >= 0.3 is 0 Å². The monoisotopic (exact) mass is 344 g/mol. The van der Waals surface area contributed by atoms with E-state index in [0.717, 1.165) is 18.7 Å². The predicted octanol–water partition coefficient (Wildman–Crippen LogP) is 2.84. The minimum Gasteiger partial charge on any atom is -0.467 e. The van der Waals surface area contributed by atoms with Crippen molar-refractivity contribution in [3.8, 4) is 0 Å². The van der Waals surface area contributed by atoms with Crippen LogP contribution in [0.2, 0.25) is 0 Å². The number of hydrogen-bond acceptors (Lipinski definition) is 4. The van der Waals surface area contributed by atoms with E-state index in [2.05, 4.69) is 18.4 Å². The van der Waals surface area contributed by atoms with Gasteiger partial charge < -0.3 is 14.2 Å². The first kappa shape index (κ1) is 15.4. The number of fused-ring (bicyclic) bond motifs is 1. The highest BCUT2D eigenvalue weighted by atomic mass is 32.1.